The van der Waals surface area contributed by atoms with Crippen LogP contribution in [-0.2, 0) is 4.74 Å². The summed E-state index contributed by atoms with van der Waals surface area (Å²) < 4.78 is 5.43. The van der Waals surface area contributed by atoms with Crippen LogP contribution in [0.4, 0.5) is 5.69 Å². The molecule has 0 N–H and O–H groups in total. The molecule has 2 bridgehead atoms. The van der Waals surface area contributed by atoms with Crippen molar-refractivity contribution in [3.05, 3.63) is 29.8 Å². The fourth-order valence-corrected chi connectivity index (χ4v) is 5.04. The Bertz CT molecular complexity index is 613. The molecule has 4 rings (SSSR count). The maximum absolute atomic E-state index is 13.1. The molecule has 0 radical (unpaired) electrons. The molecule has 0 spiro atoms. The van der Waals surface area contributed by atoms with Crippen molar-refractivity contribution in [1.29, 1.82) is 0 Å². The van der Waals surface area contributed by atoms with E-state index in [2.05, 4.69) is 40.9 Å². The van der Waals surface area contributed by atoms with Crippen LogP contribution in [0, 0.1) is 11.8 Å². The minimum Gasteiger partial charge on any atom is -0.378 e. The summed E-state index contributed by atoms with van der Waals surface area (Å²) in [4.78, 5) is 19.9. The average molecular weight is 343 g/mol. The van der Waals surface area contributed by atoms with Crippen LogP contribution in [0.5, 0.6) is 0 Å². The normalized spacial score (nSPS) is 29.3. The summed E-state index contributed by atoms with van der Waals surface area (Å²) in [5.41, 5.74) is 1.96. The molecule has 1 aromatic rings. The fourth-order valence-electron chi connectivity index (χ4n) is 5.04. The van der Waals surface area contributed by atoms with Gasteiger partial charge in [0.2, 0.25) is 0 Å². The minimum absolute atomic E-state index is 0.198. The van der Waals surface area contributed by atoms with E-state index in [0.29, 0.717) is 17.9 Å². The molecule has 136 valence electrons. The zero-order valence-corrected chi connectivity index (χ0v) is 15.4. The van der Waals surface area contributed by atoms with Crippen molar-refractivity contribution in [3.63, 3.8) is 0 Å². The molecule has 2 unspecified atom stereocenters. The number of nitrogens with zero attached hydrogens (tertiary/aromatic N) is 3. The lowest BCUT2D eigenvalue weighted by Gasteiger charge is -2.41. The van der Waals surface area contributed by atoms with Crippen LogP contribution in [0.1, 0.15) is 23.2 Å². The Morgan fingerprint density at radius 3 is 2.44 bits per heavy atom. The first-order chi connectivity index (χ1) is 12.1. The summed E-state index contributed by atoms with van der Waals surface area (Å²) >= 11 is 0. The molecule has 2 atom stereocenters. The summed E-state index contributed by atoms with van der Waals surface area (Å²) in [7, 11) is 4.36. The number of benzene rings is 1. The second kappa shape index (κ2) is 6.96. The van der Waals surface area contributed by atoms with Gasteiger partial charge in [0.15, 0.2) is 0 Å². The second-order valence-corrected chi connectivity index (χ2v) is 7.91. The van der Waals surface area contributed by atoms with Gasteiger partial charge in [-0.3, -0.25) is 4.79 Å². The molecule has 1 aromatic carbocycles. The molecule has 1 amide bonds. The van der Waals surface area contributed by atoms with Crippen LogP contribution in [0.3, 0.4) is 0 Å². The van der Waals surface area contributed by atoms with Gasteiger partial charge in [-0.1, -0.05) is 6.07 Å². The van der Waals surface area contributed by atoms with Gasteiger partial charge in [0.05, 0.1) is 13.2 Å². The third-order valence-electron chi connectivity index (χ3n) is 6.14. The van der Waals surface area contributed by atoms with Gasteiger partial charge in [-0.15, -0.1) is 0 Å². The number of carbonyl (C=O) groups is 1. The first-order valence-electron chi connectivity index (χ1n) is 9.52. The molecule has 5 nitrogen and oxygen atoms in total. The first-order valence-corrected chi connectivity index (χ1v) is 9.52. The highest BCUT2D eigenvalue weighted by molar-refractivity contribution is 5.95. The van der Waals surface area contributed by atoms with Crippen LogP contribution in [0.15, 0.2) is 24.3 Å². The fraction of sp³-hybridized carbons (Fsp3) is 0.650. The van der Waals surface area contributed by atoms with Crippen molar-refractivity contribution >= 4 is 11.6 Å². The Hall–Kier alpha value is -1.59. The van der Waals surface area contributed by atoms with E-state index in [1.54, 1.807) is 0 Å². The molecule has 5 heteroatoms. The predicted molar refractivity (Wildman–Crippen MR) is 99.1 cm³/mol. The van der Waals surface area contributed by atoms with Crippen molar-refractivity contribution in [2.24, 2.45) is 11.8 Å². The van der Waals surface area contributed by atoms with Gasteiger partial charge in [0, 0.05) is 43.5 Å². The number of hydrogen-bond acceptors (Lipinski definition) is 4. The molecule has 2 aliphatic heterocycles. The molecule has 3 fully saturated rings. The van der Waals surface area contributed by atoms with Crippen molar-refractivity contribution in [1.82, 2.24) is 9.80 Å². The van der Waals surface area contributed by atoms with Gasteiger partial charge in [-0.2, -0.15) is 0 Å². The third kappa shape index (κ3) is 3.27. The number of likely N-dealkylation sites (tertiary alicyclic amines) is 1. The Balaban J connectivity index is 1.48. The van der Waals surface area contributed by atoms with Crippen molar-refractivity contribution in [3.8, 4) is 0 Å². The molecule has 2 heterocycles. The Morgan fingerprint density at radius 1 is 1.12 bits per heavy atom. The van der Waals surface area contributed by atoms with Crippen molar-refractivity contribution in [2.45, 2.75) is 18.9 Å². The molecule has 25 heavy (non-hydrogen) atoms. The van der Waals surface area contributed by atoms with Crippen LogP contribution in [-0.4, -0.2) is 75.2 Å². The number of ether oxygens (including phenoxy) is 1. The zero-order chi connectivity index (χ0) is 17.4. The largest absolute Gasteiger partial charge is 0.378 e. The van der Waals surface area contributed by atoms with E-state index in [1.807, 2.05) is 12.1 Å². The highest BCUT2D eigenvalue weighted by Gasteiger charge is 2.44. The topological polar surface area (TPSA) is 36.0 Å². The van der Waals surface area contributed by atoms with Crippen LogP contribution >= 0.6 is 0 Å². The average Bonchev–Trinajstić information content (AvgIpc) is 2.92. The lowest BCUT2D eigenvalue weighted by molar-refractivity contribution is 0.0487. The highest BCUT2D eigenvalue weighted by Crippen LogP contribution is 2.39. The van der Waals surface area contributed by atoms with E-state index in [-0.39, 0.29) is 5.91 Å². The first kappa shape index (κ1) is 16.9. The standard InChI is InChI=1S/C20H29N3O2/c1-21(2)19-16-6-7-17(19)14-23(13-16)20(24)15-4-3-5-18(12-15)22-8-10-25-11-9-22/h3-5,12,16-17,19H,6-11,13-14H2,1-2H3. The summed E-state index contributed by atoms with van der Waals surface area (Å²) in [5.74, 6) is 1.45. The van der Waals surface area contributed by atoms with Gasteiger partial charge in [0.1, 0.15) is 0 Å². The number of hydrogen-bond donors (Lipinski definition) is 0. The number of carbonyl (C=O) groups excluding carboxylic acids is 1. The van der Waals surface area contributed by atoms with E-state index in [1.165, 1.54) is 12.8 Å². The Labute approximate surface area is 150 Å². The van der Waals surface area contributed by atoms with E-state index < -0.39 is 0 Å². The number of amides is 1. The van der Waals surface area contributed by atoms with Gasteiger partial charge < -0.3 is 19.4 Å². The van der Waals surface area contributed by atoms with Gasteiger partial charge in [0.25, 0.3) is 5.91 Å². The quantitative estimate of drug-likeness (QED) is 0.840. The number of fused-ring (bicyclic) bond motifs is 2. The van der Waals surface area contributed by atoms with Gasteiger partial charge in [-0.25, -0.2) is 0 Å². The highest BCUT2D eigenvalue weighted by atomic mass is 16.5. The number of piperidine rings is 1. The molecular weight excluding hydrogens is 314 g/mol. The monoisotopic (exact) mass is 343 g/mol. The maximum atomic E-state index is 13.1. The van der Waals surface area contributed by atoms with E-state index in [0.717, 1.165) is 50.6 Å². The smallest absolute Gasteiger partial charge is 0.253 e. The van der Waals surface area contributed by atoms with E-state index in [9.17, 15) is 4.79 Å². The van der Waals surface area contributed by atoms with Crippen LogP contribution in [0.2, 0.25) is 0 Å². The molecule has 1 aliphatic carbocycles. The molecule has 2 saturated heterocycles. The van der Waals surface area contributed by atoms with Gasteiger partial charge >= 0.3 is 0 Å². The van der Waals surface area contributed by atoms with E-state index in [4.69, 9.17) is 4.74 Å². The maximum Gasteiger partial charge on any atom is 0.253 e. The summed E-state index contributed by atoms with van der Waals surface area (Å²) in [6.45, 7) is 5.13. The zero-order valence-electron chi connectivity index (χ0n) is 15.4. The molecular formula is C20H29N3O2. The van der Waals surface area contributed by atoms with Crippen molar-refractivity contribution < 1.29 is 9.53 Å². The number of rotatable bonds is 3. The van der Waals surface area contributed by atoms with Crippen LogP contribution < -0.4 is 4.90 Å². The molecule has 0 aromatic heterocycles. The number of anilines is 1. The Morgan fingerprint density at radius 2 is 1.80 bits per heavy atom. The minimum atomic E-state index is 0.198. The van der Waals surface area contributed by atoms with E-state index >= 15 is 0 Å². The van der Waals surface area contributed by atoms with Crippen LogP contribution in [0.25, 0.3) is 0 Å². The molecule has 1 saturated carbocycles. The summed E-state index contributed by atoms with van der Waals surface area (Å²) in [6.07, 6.45) is 2.51. The van der Waals surface area contributed by atoms with Gasteiger partial charge in [-0.05, 0) is 57.0 Å². The van der Waals surface area contributed by atoms with Crippen molar-refractivity contribution in [2.75, 3.05) is 58.4 Å². The lowest BCUT2D eigenvalue weighted by atomic mass is 9.91. The third-order valence-corrected chi connectivity index (χ3v) is 6.14. The Kier molecular flexibility index (Phi) is 4.69. The predicted octanol–water partition coefficient (Wildman–Crippen LogP) is 1.94. The lowest BCUT2D eigenvalue weighted by Crippen LogP contribution is -2.52. The second-order valence-electron chi connectivity index (χ2n) is 7.91. The summed E-state index contributed by atoms with van der Waals surface area (Å²) in [5, 5.41) is 0. The number of morpholine rings is 1. The molecule has 3 aliphatic rings. The summed E-state index contributed by atoms with van der Waals surface area (Å²) in [6, 6.07) is 8.78. The SMILES string of the molecule is CN(C)C1C2CCC1CN(C(=O)c1cccc(N3CCOCC3)c1)C2.